The van der Waals surface area contributed by atoms with Gasteiger partial charge in [0.15, 0.2) is 5.82 Å². The predicted molar refractivity (Wildman–Crippen MR) is 103 cm³/mol. The van der Waals surface area contributed by atoms with Gasteiger partial charge in [0.05, 0.1) is 4.53 Å². The molecule has 0 fully saturated rings. The van der Waals surface area contributed by atoms with Crippen LogP contribution in [-0.4, -0.2) is 14.6 Å². The van der Waals surface area contributed by atoms with Gasteiger partial charge in [-0.05, 0) is 47.5 Å². The van der Waals surface area contributed by atoms with Crippen LogP contribution in [0.25, 0.3) is 23.2 Å². The molecule has 0 N–H and O–H groups in total. The van der Waals surface area contributed by atoms with E-state index in [2.05, 4.69) is 10.1 Å². The van der Waals surface area contributed by atoms with Gasteiger partial charge in [-0.25, -0.2) is 4.39 Å². The van der Waals surface area contributed by atoms with Crippen LogP contribution in [0.5, 0.6) is 0 Å². The Morgan fingerprint density at radius 2 is 1.88 bits per heavy atom. The maximum atomic E-state index is 13.3. The van der Waals surface area contributed by atoms with Crippen LogP contribution in [0.15, 0.2) is 53.3 Å². The molecular formula is C19H11ClFN3OS. The fraction of sp³-hybridized carbons (Fsp3) is 0. The van der Waals surface area contributed by atoms with Crippen LogP contribution in [0.2, 0.25) is 5.02 Å². The Hall–Kier alpha value is -2.83. The number of thiazole rings is 1. The minimum atomic E-state index is -0.347. The molecule has 2 heterocycles. The molecule has 0 unspecified atom stereocenters. The molecular weight excluding hydrogens is 373 g/mol. The zero-order valence-electron chi connectivity index (χ0n) is 13.3. The standard InChI is InChI=1S/C19H11ClFN3OS/c20-14-7-4-12(5-8-14)6-9-17-22-19-24(23-17)18(25)16(26-19)11-13-2-1-3-15(21)10-13/h1-11H/b9-6+,16-11+. The molecule has 26 heavy (non-hydrogen) atoms. The zero-order valence-corrected chi connectivity index (χ0v) is 14.8. The lowest BCUT2D eigenvalue weighted by Gasteiger charge is -1.92. The number of fused-ring (bicyclic) bond motifs is 1. The second kappa shape index (κ2) is 6.82. The average molecular weight is 384 g/mol. The molecule has 0 saturated carbocycles. The van der Waals surface area contributed by atoms with E-state index in [0.717, 1.165) is 5.56 Å². The van der Waals surface area contributed by atoms with Crippen molar-refractivity contribution < 1.29 is 4.39 Å². The normalized spacial score (nSPS) is 12.5. The van der Waals surface area contributed by atoms with Gasteiger partial charge in [-0.15, -0.1) is 5.10 Å². The van der Waals surface area contributed by atoms with Crippen LogP contribution in [0.4, 0.5) is 4.39 Å². The Balaban J connectivity index is 1.67. The van der Waals surface area contributed by atoms with E-state index in [-0.39, 0.29) is 11.4 Å². The topological polar surface area (TPSA) is 47.3 Å². The Labute approximate surface area is 156 Å². The molecule has 2 aromatic heterocycles. The summed E-state index contributed by atoms with van der Waals surface area (Å²) in [5, 5.41) is 4.89. The first-order valence-electron chi connectivity index (χ1n) is 7.69. The van der Waals surface area contributed by atoms with E-state index < -0.39 is 0 Å². The van der Waals surface area contributed by atoms with Gasteiger partial charge in [0, 0.05) is 5.02 Å². The van der Waals surface area contributed by atoms with Crippen molar-refractivity contribution in [2.24, 2.45) is 0 Å². The van der Waals surface area contributed by atoms with Gasteiger partial charge in [-0.1, -0.05) is 53.3 Å². The van der Waals surface area contributed by atoms with Gasteiger partial charge in [-0.3, -0.25) is 4.79 Å². The Morgan fingerprint density at radius 3 is 2.62 bits per heavy atom. The molecule has 4 nitrogen and oxygen atoms in total. The number of halogens is 2. The summed E-state index contributed by atoms with van der Waals surface area (Å²) in [5.41, 5.74) is 1.30. The third-order valence-corrected chi connectivity index (χ3v) is 4.85. The Bertz CT molecular complexity index is 1230. The second-order valence-corrected chi connectivity index (χ2v) is 6.97. The van der Waals surface area contributed by atoms with E-state index in [4.69, 9.17) is 11.6 Å². The van der Waals surface area contributed by atoms with E-state index in [1.165, 1.54) is 28.0 Å². The first kappa shape index (κ1) is 16.6. The van der Waals surface area contributed by atoms with E-state index in [9.17, 15) is 9.18 Å². The summed E-state index contributed by atoms with van der Waals surface area (Å²) in [6, 6.07) is 13.4. The molecule has 4 aromatic rings. The fourth-order valence-corrected chi connectivity index (χ4v) is 3.45. The number of aromatic nitrogens is 3. The van der Waals surface area contributed by atoms with E-state index in [0.29, 0.717) is 25.9 Å². The Morgan fingerprint density at radius 1 is 1.08 bits per heavy atom. The highest BCUT2D eigenvalue weighted by Crippen LogP contribution is 2.12. The van der Waals surface area contributed by atoms with Crippen molar-refractivity contribution in [3.63, 3.8) is 0 Å². The molecule has 7 heteroatoms. The first-order chi connectivity index (χ1) is 12.6. The summed E-state index contributed by atoms with van der Waals surface area (Å²) in [5.74, 6) is 0.0980. The van der Waals surface area contributed by atoms with Crippen LogP contribution in [0, 0.1) is 5.82 Å². The lowest BCUT2D eigenvalue weighted by molar-refractivity contribution is 0.627. The van der Waals surface area contributed by atoms with Gasteiger partial charge in [0.1, 0.15) is 5.82 Å². The minimum Gasteiger partial charge on any atom is -0.266 e. The molecule has 0 aliphatic rings. The van der Waals surface area contributed by atoms with Gasteiger partial charge in [0.25, 0.3) is 5.56 Å². The highest BCUT2D eigenvalue weighted by atomic mass is 35.5. The van der Waals surface area contributed by atoms with Crippen molar-refractivity contribution in [3.05, 3.63) is 91.2 Å². The summed E-state index contributed by atoms with van der Waals surface area (Å²) in [6.45, 7) is 0. The highest BCUT2D eigenvalue weighted by molar-refractivity contribution is 7.15. The first-order valence-corrected chi connectivity index (χ1v) is 8.88. The van der Waals surface area contributed by atoms with Gasteiger partial charge in [-0.2, -0.15) is 9.50 Å². The molecule has 0 saturated heterocycles. The monoisotopic (exact) mass is 383 g/mol. The smallest absolute Gasteiger partial charge is 0.266 e. The number of rotatable bonds is 3. The lowest BCUT2D eigenvalue weighted by atomic mass is 10.2. The van der Waals surface area contributed by atoms with Crippen LogP contribution in [0.1, 0.15) is 17.0 Å². The van der Waals surface area contributed by atoms with Crippen molar-refractivity contribution in [3.8, 4) is 0 Å². The average Bonchev–Trinajstić information content (AvgIpc) is 3.14. The summed E-state index contributed by atoms with van der Waals surface area (Å²) < 4.78 is 15.0. The molecule has 0 atom stereocenters. The summed E-state index contributed by atoms with van der Waals surface area (Å²) in [7, 11) is 0. The van der Waals surface area contributed by atoms with E-state index in [1.54, 1.807) is 36.4 Å². The molecule has 0 aliphatic heterocycles. The molecule has 0 aliphatic carbocycles. The highest BCUT2D eigenvalue weighted by Gasteiger charge is 2.08. The molecule has 4 rings (SSSR count). The van der Waals surface area contributed by atoms with Crippen molar-refractivity contribution in [2.45, 2.75) is 0 Å². The molecule has 0 radical (unpaired) electrons. The zero-order chi connectivity index (χ0) is 18.1. The van der Waals surface area contributed by atoms with Crippen molar-refractivity contribution in [1.82, 2.24) is 14.6 Å². The van der Waals surface area contributed by atoms with Crippen molar-refractivity contribution >= 4 is 46.1 Å². The summed E-state index contributed by atoms with van der Waals surface area (Å²) in [4.78, 5) is 17.3. The quantitative estimate of drug-likeness (QED) is 0.542. The summed E-state index contributed by atoms with van der Waals surface area (Å²) >= 11 is 7.07. The van der Waals surface area contributed by atoms with Crippen molar-refractivity contribution in [2.75, 3.05) is 0 Å². The largest absolute Gasteiger partial charge is 0.291 e. The molecule has 128 valence electrons. The van der Waals surface area contributed by atoms with Crippen LogP contribution in [-0.2, 0) is 0 Å². The Kier molecular flexibility index (Phi) is 4.36. The van der Waals surface area contributed by atoms with E-state index in [1.807, 2.05) is 18.2 Å². The van der Waals surface area contributed by atoms with Gasteiger partial charge in [0.2, 0.25) is 4.96 Å². The third kappa shape index (κ3) is 3.42. The number of hydrogen-bond acceptors (Lipinski definition) is 4. The third-order valence-electron chi connectivity index (χ3n) is 3.64. The van der Waals surface area contributed by atoms with Crippen LogP contribution in [0.3, 0.4) is 0 Å². The predicted octanol–water partition coefficient (Wildman–Crippen LogP) is 3.66. The van der Waals surface area contributed by atoms with Gasteiger partial charge < -0.3 is 0 Å². The second-order valence-electron chi connectivity index (χ2n) is 5.52. The van der Waals surface area contributed by atoms with E-state index >= 15 is 0 Å². The molecule has 0 amide bonds. The minimum absolute atomic E-state index is 0.270. The van der Waals surface area contributed by atoms with Crippen LogP contribution >= 0.6 is 22.9 Å². The number of nitrogens with zero attached hydrogens (tertiary/aromatic N) is 3. The fourth-order valence-electron chi connectivity index (χ4n) is 2.41. The lowest BCUT2D eigenvalue weighted by Crippen LogP contribution is -2.23. The maximum Gasteiger partial charge on any atom is 0.291 e. The van der Waals surface area contributed by atoms with Crippen molar-refractivity contribution in [1.29, 1.82) is 0 Å². The number of hydrogen-bond donors (Lipinski definition) is 0. The maximum absolute atomic E-state index is 13.3. The molecule has 0 spiro atoms. The number of benzene rings is 2. The molecule has 2 aromatic carbocycles. The summed E-state index contributed by atoms with van der Waals surface area (Å²) in [6.07, 6.45) is 5.22. The van der Waals surface area contributed by atoms with Crippen LogP contribution < -0.4 is 10.1 Å². The SMILES string of the molecule is O=c1/c(=C\c2cccc(F)c2)sc2nc(/C=C/c3ccc(Cl)cc3)nn12. The van der Waals surface area contributed by atoms with Gasteiger partial charge >= 0.3 is 0 Å². The molecule has 0 bridgehead atoms.